The summed E-state index contributed by atoms with van der Waals surface area (Å²) in [7, 11) is 1.75. The van der Waals surface area contributed by atoms with Crippen molar-refractivity contribution in [1.29, 1.82) is 0 Å². The van der Waals surface area contributed by atoms with Crippen LogP contribution in [0.1, 0.15) is 10.4 Å². The first-order valence-corrected chi connectivity index (χ1v) is 11.0. The monoisotopic (exact) mass is 450 g/mol. The third kappa shape index (κ3) is 3.74. The molecule has 5 rings (SSSR count). The van der Waals surface area contributed by atoms with Gasteiger partial charge in [-0.3, -0.25) is 4.79 Å². The van der Waals surface area contributed by atoms with Crippen molar-refractivity contribution in [2.45, 2.75) is 0 Å². The van der Waals surface area contributed by atoms with E-state index in [4.69, 9.17) is 10.5 Å². The SMILES string of the molecule is Cn1cc2ccc(Nc3sc(-c4ccc(N5CCOCC5)nc4)cc3C(N)=O)nc2c1O. The number of pyridine rings is 2. The molecule has 1 aliphatic heterocycles. The fourth-order valence-corrected chi connectivity index (χ4v) is 4.76. The Morgan fingerprint density at radius 2 is 2.06 bits per heavy atom. The zero-order chi connectivity index (χ0) is 22.2. The molecule has 1 amide bonds. The van der Waals surface area contributed by atoms with Crippen LogP contribution in [0.3, 0.4) is 0 Å². The molecule has 0 unspecified atom stereocenters. The number of rotatable bonds is 5. The molecule has 0 radical (unpaired) electrons. The van der Waals surface area contributed by atoms with Crippen LogP contribution in [0.2, 0.25) is 0 Å². The van der Waals surface area contributed by atoms with Crippen molar-refractivity contribution in [3.8, 4) is 16.3 Å². The Hall–Kier alpha value is -3.63. The first kappa shape index (κ1) is 20.3. The highest BCUT2D eigenvalue weighted by Gasteiger charge is 2.18. The van der Waals surface area contributed by atoms with Crippen molar-refractivity contribution >= 4 is 44.8 Å². The molecule has 9 nitrogen and oxygen atoms in total. The maximum atomic E-state index is 12.1. The summed E-state index contributed by atoms with van der Waals surface area (Å²) >= 11 is 1.40. The van der Waals surface area contributed by atoms with E-state index in [0.29, 0.717) is 35.1 Å². The molecule has 0 aliphatic carbocycles. The molecule has 4 aromatic rings. The lowest BCUT2D eigenvalue weighted by Crippen LogP contribution is -2.36. The van der Waals surface area contributed by atoms with E-state index < -0.39 is 5.91 Å². The molecule has 5 heterocycles. The van der Waals surface area contributed by atoms with Crippen LogP contribution in [0.5, 0.6) is 5.88 Å². The number of morpholine rings is 1. The Kier molecular flexibility index (Phi) is 5.16. The summed E-state index contributed by atoms with van der Waals surface area (Å²) in [6.07, 6.45) is 3.60. The number of nitrogens with zero attached hydrogens (tertiary/aromatic N) is 4. The second-order valence-corrected chi connectivity index (χ2v) is 8.60. The van der Waals surface area contributed by atoms with E-state index in [1.165, 1.54) is 11.3 Å². The smallest absolute Gasteiger partial charge is 0.251 e. The number of amides is 1. The number of hydrogen-bond donors (Lipinski definition) is 3. The van der Waals surface area contributed by atoms with Crippen LogP contribution in [-0.2, 0) is 11.8 Å². The molecule has 1 saturated heterocycles. The number of nitrogens with two attached hydrogens (primary N) is 1. The normalized spacial score (nSPS) is 14.1. The molecule has 0 spiro atoms. The molecule has 32 heavy (non-hydrogen) atoms. The van der Waals surface area contributed by atoms with E-state index in [9.17, 15) is 9.90 Å². The van der Waals surface area contributed by atoms with Gasteiger partial charge in [0.25, 0.3) is 5.91 Å². The highest BCUT2D eigenvalue weighted by atomic mass is 32.1. The van der Waals surface area contributed by atoms with Gasteiger partial charge in [0.15, 0.2) is 0 Å². The lowest BCUT2D eigenvalue weighted by molar-refractivity contribution is 0.100. The van der Waals surface area contributed by atoms with Gasteiger partial charge in [-0.05, 0) is 30.3 Å². The maximum Gasteiger partial charge on any atom is 0.251 e. The van der Waals surface area contributed by atoms with E-state index in [0.717, 1.165) is 34.7 Å². The standard InChI is InChI=1S/C22H22N6O3S/c1-27-12-14-2-4-17(25-19(14)22(27)30)26-21-15(20(23)29)10-16(32-21)13-3-5-18(24-11-13)28-6-8-31-9-7-28/h2-5,10-12,30H,6-9H2,1H3,(H2,23,29)(H,25,26). The summed E-state index contributed by atoms with van der Waals surface area (Å²) in [5, 5.41) is 14.8. The number of thiophene rings is 1. The van der Waals surface area contributed by atoms with Crippen LogP contribution in [0.25, 0.3) is 21.3 Å². The van der Waals surface area contributed by atoms with Gasteiger partial charge in [-0.1, -0.05) is 0 Å². The summed E-state index contributed by atoms with van der Waals surface area (Å²) in [5.41, 5.74) is 7.38. The summed E-state index contributed by atoms with van der Waals surface area (Å²) in [4.78, 5) is 24.2. The number of fused-ring (bicyclic) bond motifs is 1. The Bertz CT molecular complexity index is 1290. The van der Waals surface area contributed by atoms with Crippen LogP contribution < -0.4 is 16.0 Å². The molecule has 0 saturated carbocycles. The molecule has 1 fully saturated rings. The molecular formula is C22H22N6O3S. The summed E-state index contributed by atoms with van der Waals surface area (Å²) < 4.78 is 7.00. The second kappa shape index (κ2) is 8.13. The third-order valence-corrected chi connectivity index (χ3v) is 6.51. The first-order valence-electron chi connectivity index (χ1n) is 10.1. The first-order chi connectivity index (χ1) is 15.5. The van der Waals surface area contributed by atoms with Gasteiger partial charge in [0.2, 0.25) is 5.88 Å². The predicted octanol–water partition coefficient (Wildman–Crippen LogP) is 3.08. The Labute approximate surface area is 188 Å². The number of aromatic hydroxyl groups is 1. The number of anilines is 3. The fraction of sp³-hybridized carbons (Fsp3) is 0.227. The van der Waals surface area contributed by atoms with E-state index in [1.54, 1.807) is 36.1 Å². The van der Waals surface area contributed by atoms with Crippen molar-refractivity contribution in [3.05, 3.63) is 48.3 Å². The average Bonchev–Trinajstić information content (AvgIpc) is 3.36. The number of hydrogen-bond acceptors (Lipinski definition) is 8. The van der Waals surface area contributed by atoms with E-state index in [1.807, 2.05) is 18.2 Å². The molecule has 0 aromatic carbocycles. The molecule has 164 valence electrons. The topological polar surface area (TPSA) is 119 Å². The zero-order valence-corrected chi connectivity index (χ0v) is 18.2. The van der Waals surface area contributed by atoms with Crippen LogP contribution in [0.15, 0.2) is 42.7 Å². The number of aryl methyl sites for hydroxylation is 1. The minimum absolute atomic E-state index is 0.0806. The number of ether oxygens (including phenoxy) is 1. The number of carbonyl (C=O) groups is 1. The zero-order valence-electron chi connectivity index (χ0n) is 17.4. The largest absolute Gasteiger partial charge is 0.493 e. The van der Waals surface area contributed by atoms with Crippen molar-refractivity contribution in [1.82, 2.24) is 14.5 Å². The quantitative estimate of drug-likeness (QED) is 0.428. The van der Waals surface area contributed by atoms with Gasteiger partial charge in [-0.15, -0.1) is 11.3 Å². The predicted molar refractivity (Wildman–Crippen MR) is 125 cm³/mol. The third-order valence-electron chi connectivity index (χ3n) is 5.41. The van der Waals surface area contributed by atoms with Crippen LogP contribution in [-0.4, -0.2) is 51.9 Å². The Morgan fingerprint density at radius 1 is 1.25 bits per heavy atom. The van der Waals surface area contributed by atoms with Crippen LogP contribution in [0, 0.1) is 0 Å². The molecular weight excluding hydrogens is 428 g/mol. The number of primary amides is 1. The summed E-state index contributed by atoms with van der Waals surface area (Å²) in [5.74, 6) is 0.964. The molecule has 1 aliphatic rings. The van der Waals surface area contributed by atoms with Gasteiger partial charge in [-0.2, -0.15) is 0 Å². The van der Waals surface area contributed by atoms with Gasteiger partial charge < -0.3 is 30.4 Å². The molecule has 0 atom stereocenters. The van der Waals surface area contributed by atoms with E-state index in [2.05, 4.69) is 20.2 Å². The Balaban J connectivity index is 1.43. The van der Waals surface area contributed by atoms with Gasteiger partial charge >= 0.3 is 0 Å². The minimum Gasteiger partial charge on any atom is -0.493 e. The van der Waals surface area contributed by atoms with Crippen molar-refractivity contribution < 1.29 is 14.6 Å². The van der Waals surface area contributed by atoms with Crippen molar-refractivity contribution in [2.24, 2.45) is 12.8 Å². The fourth-order valence-electron chi connectivity index (χ4n) is 3.70. The molecule has 10 heteroatoms. The minimum atomic E-state index is -0.531. The van der Waals surface area contributed by atoms with Gasteiger partial charge in [0.1, 0.15) is 22.2 Å². The van der Waals surface area contributed by atoms with Gasteiger partial charge in [-0.25, -0.2) is 9.97 Å². The van der Waals surface area contributed by atoms with Gasteiger partial charge in [0, 0.05) is 48.4 Å². The van der Waals surface area contributed by atoms with Crippen LogP contribution >= 0.6 is 11.3 Å². The molecule has 4 aromatic heterocycles. The van der Waals surface area contributed by atoms with E-state index in [-0.39, 0.29) is 5.88 Å². The number of carbonyl (C=O) groups excluding carboxylic acids is 1. The van der Waals surface area contributed by atoms with Crippen LogP contribution in [0.4, 0.5) is 16.6 Å². The highest BCUT2D eigenvalue weighted by Crippen LogP contribution is 2.37. The lowest BCUT2D eigenvalue weighted by atomic mass is 10.2. The van der Waals surface area contributed by atoms with Crippen molar-refractivity contribution in [3.63, 3.8) is 0 Å². The molecule has 0 bridgehead atoms. The lowest BCUT2D eigenvalue weighted by Gasteiger charge is -2.27. The summed E-state index contributed by atoms with van der Waals surface area (Å²) in [6.45, 7) is 3.04. The van der Waals surface area contributed by atoms with Gasteiger partial charge in [0.05, 0.1) is 18.8 Å². The summed E-state index contributed by atoms with van der Waals surface area (Å²) in [6, 6.07) is 9.39. The number of nitrogens with one attached hydrogen (secondary N) is 1. The second-order valence-electron chi connectivity index (χ2n) is 7.55. The molecule has 4 N–H and O–H groups in total. The van der Waals surface area contributed by atoms with E-state index >= 15 is 0 Å². The highest BCUT2D eigenvalue weighted by molar-refractivity contribution is 7.19. The van der Waals surface area contributed by atoms with Crippen molar-refractivity contribution in [2.75, 3.05) is 36.5 Å². The maximum absolute atomic E-state index is 12.1. The number of aromatic nitrogens is 3. The Morgan fingerprint density at radius 3 is 2.78 bits per heavy atom. The average molecular weight is 451 g/mol.